The van der Waals surface area contributed by atoms with E-state index in [4.69, 9.17) is 0 Å². The van der Waals surface area contributed by atoms with Gasteiger partial charge in [-0.3, -0.25) is 11.3 Å². The van der Waals surface area contributed by atoms with Gasteiger partial charge in [0.25, 0.3) is 5.92 Å². The highest BCUT2D eigenvalue weighted by Crippen LogP contribution is 2.36. The van der Waals surface area contributed by atoms with Gasteiger partial charge in [0.15, 0.2) is 0 Å². The maximum Gasteiger partial charge on any atom is 0.270 e. The fourth-order valence-electron chi connectivity index (χ4n) is 3.05. The molecule has 0 aliphatic rings. The molecule has 0 amide bonds. The lowest BCUT2D eigenvalue weighted by Crippen LogP contribution is -2.16. The molecule has 6 heteroatoms. The number of hydrazine groups is 1. The van der Waals surface area contributed by atoms with E-state index in [1.54, 1.807) is 30.3 Å². The summed E-state index contributed by atoms with van der Waals surface area (Å²) < 4.78 is 28.3. The van der Waals surface area contributed by atoms with Crippen LogP contribution in [0.3, 0.4) is 0 Å². The second-order valence-electron chi connectivity index (χ2n) is 6.95. The summed E-state index contributed by atoms with van der Waals surface area (Å²) in [6.45, 7) is 18.7. The Balaban J connectivity index is 0. The molecule has 1 atom stereocenters. The lowest BCUT2D eigenvalue weighted by atomic mass is 9.88. The van der Waals surface area contributed by atoms with Crippen LogP contribution in [0.25, 0.3) is 0 Å². The highest BCUT2D eigenvalue weighted by atomic mass is 32.2. The molecule has 0 aromatic heterocycles. The Labute approximate surface area is 211 Å². The lowest BCUT2D eigenvalue weighted by Gasteiger charge is -2.23. The van der Waals surface area contributed by atoms with Crippen molar-refractivity contribution in [2.75, 3.05) is 18.1 Å². The lowest BCUT2D eigenvalue weighted by molar-refractivity contribution is 0.0162. The van der Waals surface area contributed by atoms with E-state index in [9.17, 15) is 8.78 Å². The highest BCUT2D eigenvalue weighted by Gasteiger charge is 2.29. The van der Waals surface area contributed by atoms with Crippen molar-refractivity contribution in [3.63, 3.8) is 0 Å². The molecule has 0 saturated carbocycles. The number of rotatable bonds is 10. The van der Waals surface area contributed by atoms with E-state index in [0.717, 1.165) is 30.3 Å². The van der Waals surface area contributed by atoms with Crippen molar-refractivity contribution in [3.05, 3.63) is 89.5 Å². The molecule has 3 nitrogen and oxygen atoms in total. The van der Waals surface area contributed by atoms with Crippen LogP contribution in [0.1, 0.15) is 70.6 Å². The standard InChI is InChI=1S/C23H27F2NS.2C2H6.CH6N2/c1-5-17(3)26-20-11-9-10-18(15-20)14-19(16-27-6-2)21-12-7-8-13-22(21)23(4,24)25;2*1-2;1-3-2/h6-13,15,19,26H,2-3,5,14,16H2,1,4H3;2*1-2H3;3H,2H2,1H3. The molecule has 0 fully saturated rings. The molecule has 0 saturated heterocycles. The number of nitrogens with two attached hydrogens (primary N) is 1. The summed E-state index contributed by atoms with van der Waals surface area (Å²) in [5.41, 5.74) is 6.09. The number of halogens is 2. The smallest absolute Gasteiger partial charge is 0.270 e. The number of hydrogen-bond donors (Lipinski definition) is 3. The zero-order valence-electron chi connectivity index (χ0n) is 22.1. The van der Waals surface area contributed by atoms with E-state index in [1.807, 2.05) is 65.0 Å². The predicted octanol–water partition coefficient (Wildman–Crippen LogP) is 8.47. The normalized spacial score (nSPS) is 10.8. The molecular formula is C28H45F2N3S. The van der Waals surface area contributed by atoms with Crippen LogP contribution in [0, 0.1) is 0 Å². The first kappa shape index (κ1) is 34.0. The van der Waals surface area contributed by atoms with Crippen molar-refractivity contribution in [1.82, 2.24) is 5.43 Å². The number of hydrogen-bond acceptors (Lipinski definition) is 4. The predicted molar refractivity (Wildman–Crippen MR) is 151 cm³/mol. The zero-order valence-corrected chi connectivity index (χ0v) is 22.9. The van der Waals surface area contributed by atoms with Crippen LogP contribution >= 0.6 is 11.8 Å². The Morgan fingerprint density at radius 1 is 1.12 bits per heavy atom. The van der Waals surface area contributed by atoms with E-state index < -0.39 is 5.92 Å². The van der Waals surface area contributed by atoms with E-state index in [2.05, 4.69) is 35.8 Å². The Morgan fingerprint density at radius 2 is 1.71 bits per heavy atom. The number of alkyl halides is 2. The van der Waals surface area contributed by atoms with Crippen LogP contribution in [-0.4, -0.2) is 12.8 Å². The number of thioether (sulfide) groups is 1. The summed E-state index contributed by atoms with van der Waals surface area (Å²) in [4.78, 5) is 0. The Morgan fingerprint density at radius 3 is 2.24 bits per heavy atom. The van der Waals surface area contributed by atoms with Crippen LogP contribution in [0.2, 0.25) is 0 Å². The van der Waals surface area contributed by atoms with Gasteiger partial charge in [0.05, 0.1) is 0 Å². The minimum atomic E-state index is -2.87. The van der Waals surface area contributed by atoms with Gasteiger partial charge in [0.2, 0.25) is 0 Å². The monoisotopic (exact) mass is 493 g/mol. The molecule has 0 aliphatic carbocycles. The summed E-state index contributed by atoms with van der Waals surface area (Å²) in [6, 6.07) is 14.9. The average Bonchev–Trinajstić information content (AvgIpc) is 2.84. The summed E-state index contributed by atoms with van der Waals surface area (Å²) >= 11 is 1.56. The van der Waals surface area contributed by atoms with Crippen molar-refractivity contribution in [3.8, 4) is 0 Å². The van der Waals surface area contributed by atoms with Crippen molar-refractivity contribution in [2.24, 2.45) is 5.84 Å². The maximum absolute atomic E-state index is 14.1. The topological polar surface area (TPSA) is 50.1 Å². The molecule has 0 spiro atoms. The number of benzene rings is 2. The van der Waals surface area contributed by atoms with Gasteiger partial charge in [0, 0.05) is 29.6 Å². The third-order valence-corrected chi connectivity index (χ3v) is 5.28. The number of anilines is 1. The Bertz CT molecular complexity index is 804. The first-order valence-electron chi connectivity index (χ1n) is 11.9. The largest absolute Gasteiger partial charge is 0.359 e. The van der Waals surface area contributed by atoms with Crippen LogP contribution in [0.4, 0.5) is 14.5 Å². The van der Waals surface area contributed by atoms with Gasteiger partial charge in [-0.1, -0.05) is 84.2 Å². The molecule has 2 rings (SSSR count). The summed E-state index contributed by atoms with van der Waals surface area (Å²) in [6.07, 6.45) is 1.53. The van der Waals surface area contributed by atoms with Crippen molar-refractivity contribution < 1.29 is 8.78 Å². The first-order chi connectivity index (χ1) is 16.3. The van der Waals surface area contributed by atoms with Gasteiger partial charge in [0.1, 0.15) is 0 Å². The summed E-state index contributed by atoms with van der Waals surface area (Å²) in [5.74, 6) is 2.41. The van der Waals surface area contributed by atoms with Crippen molar-refractivity contribution in [1.29, 1.82) is 0 Å². The van der Waals surface area contributed by atoms with Crippen LogP contribution in [0.5, 0.6) is 0 Å². The van der Waals surface area contributed by atoms with Gasteiger partial charge < -0.3 is 5.32 Å². The summed E-state index contributed by atoms with van der Waals surface area (Å²) in [5, 5.41) is 5.05. The molecule has 2 aromatic carbocycles. The molecule has 192 valence electrons. The maximum atomic E-state index is 14.1. The minimum absolute atomic E-state index is 0.0281. The SMILES string of the molecule is C=CSCC(Cc1cccc(NC(=C)CC)c1)c1ccccc1C(C)(F)F.CC.CC.CNN. The van der Waals surface area contributed by atoms with Crippen LogP contribution in [0.15, 0.2) is 72.8 Å². The fraction of sp³-hybridized carbons (Fsp3) is 0.429. The second-order valence-corrected chi connectivity index (χ2v) is 7.95. The average molecular weight is 494 g/mol. The molecule has 0 aliphatic heterocycles. The van der Waals surface area contributed by atoms with Gasteiger partial charge >= 0.3 is 0 Å². The molecule has 0 heterocycles. The Kier molecular flexibility index (Phi) is 20.3. The number of allylic oxidation sites excluding steroid dienone is 1. The molecule has 34 heavy (non-hydrogen) atoms. The van der Waals surface area contributed by atoms with E-state index >= 15 is 0 Å². The van der Waals surface area contributed by atoms with Gasteiger partial charge in [-0.2, -0.15) is 0 Å². The number of nitrogens with one attached hydrogen (secondary N) is 2. The summed E-state index contributed by atoms with van der Waals surface area (Å²) in [7, 11) is 1.65. The fourth-order valence-corrected chi connectivity index (χ4v) is 3.71. The van der Waals surface area contributed by atoms with E-state index in [-0.39, 0.29) is 11.5 Å². The van der Waals surface area contributed by atoms with Crippen molar-refractivity contribution >= 4 is 17.4 Å². The molecule has 1 unspecified atom stereocenters. The van der Waals surface area contributed by atoms with Gasteiger partial charge in [-0.05, 0) is 54.5 Å². The first-order valence-corrected chi connectivity index (χ1v) is 12.9. The Hall–Kier alpha value is -2.15. The van der Waals surface area contributed by atoms with E-state index in [0.29, 0.717) is 17.7 Å². The van der Waals surface area contributed by atoms with Crippen molar-refractivity contribution in [2.45, 2.75) is 66.2 Å². The van der Waals surface area contributed by atoms with Gasteiger partial charge in [-0.25, -0.2) is 8.78 Å². The van der Waals surface area contributed by atoms with Crippen LogP contribution in [-0.2, 0) is 12.3 Å². The molecular weight excluding hydrogens is 448 g/mol. The molecule has 0 radical (unpaired) electrons. The third-order valence-electron chi connectivity index (χ3n) is 4.45. The van der Waals surface area contributed by atoms with Gasteiger partial charge in [-0.15, -0.1) is 11.8 Å². The van der Waals surface area contributed by atoms with Crippen LogP contribution < -0.4 is 16.6 Å². The second kappa shape index (κ2) is 20.2. The quantitative estimate of drug-likeness (QED) is 0.229. The molecule has 2 aromatic rings. The zero-order chi connectivity index (χ0) is 26.6. The highest BCUT2D eigenvalue weighted by molar-refractivity contribution is 8.02. The molecule has 0 bridgehead atoms. The molecule has 4 N–H and O–H groups in total. The minimum Gasteiger partial charge on any atom is -0.359 e. The van der Waals surface area contributed by atoms with E-state index in [1.165, 1.54) is 6.07 Å². The third kappa shape index (κ3) is 13.5.